The average Bonchev–Trinajstić information content (AvgIpc) is 2.82. The third-order valence-electron chi connectivity index (χ3n) is 3.77. The third-order valence-corrected chi connectivity index (χ3v) is 3.77. The Morgan fingerprint density at radius 2 is 2.06 bits per heavy atom. The van der Waals surface area contributed by atoms with E-state index in [0.29, 0.717) is 6.61 Å². The Morgan fingerprint density at radius 1 is 1.33 bits per heavy atom. The number of unbranched alkanes of at least 4 members (excludes halogenated alkanes) is 1. The Balaban J connectivity index is 2.02. The van der Waals surface area contributed by atoms with Crippen molar-refractivity contribution in [1.29, 1.82) is 0 Å². The Kier molecular flexibility index (Phi) is 4.54. The lowest BCUT2D eigenvalue weighted by Crippen LogP contribution is -2.21. The van der Waals surface area contributed by atoms with E-state index in [1.807, 2.05) is 19.1 Å². The van der Waals surface area contributed by atoms with Crippen molar-refractivity contribution in [2.45, 2.75) is 45.6 Å². The summed E-state index contributed by atoms with van der Waals surface area (Å²) in [5, 5.41) is 0. The van der Waals surface area contributed by atoms with Crippen LogP contribution in [-0.2, 0) is 11.2 Å². The number of rotatable bonds is 5. The van der Waals surface area contributed by atoms with Crippen LogP contribution < -0.4 is 0 Å². The van der Waals surface area contributed by atoms with Gasteiger partial charge in [0.05, 0.1) is 12.0 Å². The molecule has 0 amide bonds. The van der Waals surface area contributed by atoms with Crippen LogP contribution in [0.15, 0.2) is 24.3 Å². The standard InChI is InChI=1S/C16H22O2/c1-3-4-5-13-6-8-14(9-7-13)16(17)15-10-11-18-12(15)2/h6-9,12,15H,3-5,10-11H2,1-2H3. The maximum atomic E-state index is 12.3. The van der Waals surface area contributed by atoms with Gasteiger partial charge in [0.25, 0.3) is 0 Å². The molecule has 1 heterocycles. The lowest BCUT2D eigenvalue weighted by molar-refractivity contribution is 0.0764. The Hall–Kier alpha value is -1.15. The van der Waals surface area contributed by atoms with E-state index in [4.69, 9.17) is 4.74 Å². The molecular weight excluding hydrogens is 224 g/mol. The topological polar surface area (TPSA) is 26.3 Å². The van der Waals surface area contributed by atoms with Crippen LogP contribution >= 0.6 is 0 Å². The molecule has 0 spiro atoms. The minimum Gasteiger partial charge on any atom is -0.378 e. The second-order valence-electron chi connectivity index (χ2n) is 5.14. The smallest absolute Gasteiger partial charge is 0.168 e. The van der Waals surface area contributed by atoms with Crippen molar-refractivity contribution in [2.24, 2.45) is 5.92 Å². The maximum absolute atomic E-state index is 12.3. The minimum absolute atomic E-state index is 0.0477. The highest BCUT2D eigenvalue weighted by molar-refractivity contribution is 5.98. The monoisotopic (exact) mass is 246 g/mol. The molecule has 1 aliphatic heterocycles. The molecule has 0 radical (unpaired) electrons. The van der Waals surface area contributed by atoms with E-state index in [9.17, 15) is 4.79 Å². The van der Waals surface area contributed by atoms with Gasteiger partial charge in [0.2, 0.25) is 0 Å². The predicted octanol–water partition coefficient (Wildman–Crippen LogP) is 3.64. The van der Waals surface area contributed by atoms with Crippen LogP contribution in [0.3, 0.4) is 0 Å². The van der Waals surface area contributed by atoms with Gasteiger partial charge >= 0.3 is 0 Å². The number of Topliss-reactive ketones (excluding diaryl/α,β-unsaturated/α-hetero) is 1. The Bertz CT molecular complexity index is 394. The number of hydrogen-bond donors (Lipinski definition) is 0. The van der Waals surface area contributed by atoms with Crippen LogP contribution in [0.2, 0.25) is 0 Å². The van der Waals surface area contributed by atoms with Gasteiger partial charge in [-0.05, 0) is 31.7 Å². The summed E-state index contributed by atoms with van der Waals surface area (Å²) >= 11 is 0. The first-order valence-corrected chi connectivity index (χ1v) is 6.97. The maximum Gasteiger partial charge on any atom is 0.168 e. The molecule has 1 aromatic rings. The molecule has 2 atom stereocenters. The lowest BCUT2D eigenvalue weighted by atomic mass is 9.92. The SMILES string of the molecule is CCCCc1ccc(C(=O)C2CCOC2C)cc1. The van der Waals surface area contributed by atoms with E-state index < -0.39 is 0 Å². The van der Waals surface area contributed by atoms with Crippen LogP contribution in [0.4, 0.5) is 0 Å². The van der Waals surface area contributed by atoms with Crippen LogP contribution in [-0.4, -0.2) is 18.5 Å². The molecule has 2 heteroatoms. The molecule has 18 heavy (non-hydrogen) atoms. The zero-order chi connectivity index (χ0) is 13.0. The normalized spacial score (nSPS) is 23.2. The Morgan fingerprint density at radius 3 is 2.61 bits per heavy atom. The first-order chi connectivity index (χ1) is 8.72. The van der Waals surface area contributed by atoms with Gasteiger partial charge in [0.1, 0.15) is 0 Å². The summed E-state index contributed by atoms with van der Waals surface area (Å²) in [4.78, 5) is 12.3. The van der Waals surface area contributed by atoms with Crippen LogP contribution in [0, 0.1) is 5.92 Å². The van der Waals surface area contributed by atoms with E-state index in [1.165, 1.54) is 18.4 Å². The first-order valence-electron chi connectivity index (χ1n) is 6.97. The zero-order valence-electron chi connectivity index (χ0n) is 11.3. The number of aryl methyl sites for hydroxylation is 1. The second kappa shape index (κ2) is 6.14. The molecule has 2 unspecified atom stereocenters. The van der Waals surface area contributed by atoms with E-state index in [2.05, 4.69) is 19.1 Å². The molecule has 0 saturated carbocycles. The molecule has 2 nitrogen and oxygen atoms in total. The lowest BCUT2D eigenvalue weighted by Gasteiger charge is -2.13. The molecule has 1 aliphatic rings. The number of carbonyl (C=O) groups is 1. The molecule has 0 bridgehead atoms. The zero-order valence-corrected chi connectivity index (χ0v) is 11.3. The fourth-order valence-corrected chi connectivity index (χ4v) is 2.51. The molecule has 0 N–H and O–H groups in total. The van der Waals surface area contributed by atoms with Crippen molar-refractivity contribution >= 4 is 5.78 Å². The van der Waals surface area contributed by atoms with Gasteiger partial charge in [-0.1, -0.05) is 37.6 Å². The molecule has 98 valence electrons. The largest absolute Gasteiger partial charge is 0.378 e. The van der Waals surface area contributed by atoms with Crippen molar-refractivity contribution < 1.29 is 9.53 Å². The highest BCUT2D eigenvalue weighted by Gasteiger charge is 2.31. The van der Waals surface area contributed by atoms with Crippen molar-refractivity contribution in [3.8, 4) is 0 Å². The van der Waals surface area contributed by atoms with E-state index >= 15 is 0 Å². The highest BCUT2D eigenvalue weighted by atomic mass is 16.5. The molecule has 0 aliphatic carbocycles. The van der Waals surface area contributed by atoms with E-state index in [0.717, 1.165) is 18.4 Å². The van der Waals surface area contributed by atoms with Crippen LogP contribution in [0.25, 0.3) is 0 Å². The molecule has 1 fully saturated rings. The minimum atomic E-state index is 0.0477. The molecule has 0 aromatic heterocycles. The van der Waals surface area contributed by atoms with Gasteiger partial charge in [0.15, 0.2) is 5.78 Å². The van der Waals surface area contributed by atoms with E-state index in [-0.39, 0.29) is 17.8 Å². The summed E-state index contributed by atoms with van der Waals surface area (Å²) < 4.78 is 5.46. The summed E-state index contributed by atoms with van der Waals surface area (Å²) in [6.07, 6.45) is 4.45. The summed E-state index contributed by atoms with van der Waals surface area (Å²) in [5.74, 6) is 0.286. The van der Waals surface area contributed by atoms with Gasteiger partial charge in [-0.3, -0.25) is 4.79 Å². The number of hydrogen-bond acceptors (Lipinski definition) is 2. The predicted molar refractivity (Wildman–Crippen MR) is 72.9 cm³/mol. The summed E-state index contributed by atoms with van der Waals surface area (Å²) in [5.41, 5.74) is 2.15. The van der Waals surface area contributed by atoms with Crippen LogP contribution in [0.1, 0.15) is 49.0 Å². The summed E-state index contributed by atoms with van der Waals surface area (Å²) in [6, 6.07) is 8.11. The second-order valence-corrected chi connectivity index (χ2v) is 5.14. The van der Waals surface area contributed by atoms with Gasteiger partial charge in [-0.25, -0.2) is 0 Å². The number of benzene rings is 1. The quantitative estimate of drug-likeness (QED) is 0.741. The number of ketones is 1. The highest BCUT2D eigenvalue weighted by Crippen LogP contribution is 2.24. The third kappa shape index (κ3) is 2.99. The fraction of sp³-hybridized carbons (Fsp3) is 0.562. The van der Waals surface area contributed by atoms with Gasteiger partial charge < -0.3 is 4.74 Å². The molecule has 1 aromatic carbocycles. The van der Waals surface area contributed by atoms with Crippen molar-refractivity contribution in [1.82, 2.24) is 0 Å². The number of ether oxygens (including phenoxy) is 1. The van der Waals surface area contributed by atoms with Crippen molar-refractivity contribution in [3.05, 3.63) is 35.4 Å². The fourth-order valence-electron chi connectivity index (χ4n) is 2.51. The Labute approximate surface area is 109 Å². The van der Waals surface area contributed by atoms with Crippen molar-refractivity contribution in [2.75, 3.05) is 6.61 Å². The summed E-state index contributed by atoms with van der Waals surface area (Å²) in [7, 11) is 0. The summed E-state index contributed by atoms with van der Waals surface area (Å²) in [6.45, 7) is 4.90. The van der Waals surface area contributed by atoms with Gasteiger partial charge in [-0.15, -0.1) is 0 Å². The van der Waals surface area contributed by atoms with Gasteiger partial charge in [-0.2, -0.15) is 0 Å². The van der Waals surface area contributed by atoms with Crippen LogP contribution in [0.5, 0.6) is 0 Å². The van der Waals surface area contributed by atoms with E-state index in [1.54, 1.807) is 0 Å². The molecular formula is C16H22O2. The van der Waals surface area contributed by atoms with Gasteiger partial charge in [0, 0.05) is 12.2 Å². The number of carbonyl (C=O) groups excluding carboxylic acids is 1. The van der Waals surface area contributed by atoms with Crippen molar-refractivity contribution in [3.63, 3.8) is 0 Å². The first kappa shape index (κ1) is 13.3. The molecule has 1 saturated heterocycles. The average molecular weight is 246 g/mol. The molecule has 2 rings (SSSR count).